The van der Waals surface area contributed by atoms with Crippen LogP contribution in [0.4, 0.5) is 0 Å². The second kappa shape index (κ2) is 8.02. The van der Waals surface area contributed by atoms with E-state index >= 15 is 0 Å². The van der Waals surface area contributed by atoms with Crippen molar-refractivity contribution in [2.75, 3.05) is 26.2 Å². The van der Waals surface area contributed by atoms with Crippen LogP contribution in [0, 0.1) is 0 Å². The van der Waals surface area contributed by atoms with Crippen LogP contribution in [-0.2, 0) is 4.79 Å². The van der Waals surface area contributed by atoms with Gasteiger partial charge in [0.2, 0.25) is 5.91 Å². The fraction of sp³-hybridized carbons (Fsp3) is 0.650. The normalized spacial score (nSPS) is 22.1. The molecule has 2 heterocycles. The Balaban J connectivity index is 1.53. The third kappa shape index (κ3) is 4.10. The number of likely N-dealkylation sites (tertiary alicyclic amines) is 2. The zero-order valence-corrected chi connectivity index (χ0v) is 14.8. The van der Waals surface area contributed by atoms with Gasteiger partial charge in [0, 0.05) is 13.1 Å². The minimum absolute atomic E-state index is 0.00358. The molecule has 1 aromatic carbocycles. The fourth-order valence-electron chi connectivity index (χ4n) is 4.08. The van der Waals surface area contributed by atoms with Crippen molar-refractivity contribution < 1.29 is 9.90 Å². The maximum absolute atomic E-state index is 12.8. The van der Waals surface area contributed by atoms with Crippen LogP contribution >= 0.6 is 0 Å². The molecule has 2 fully saturated rings. The largest absolute Gasteiger partial charge is 0.508 e. The highest BCUT2D eigenvalue weighted by molar-refractivity contribution is 5.81. The topological polar surface area (TPSA) is 43.8 Å². The Morgan fingerprint density at radius 1 is 1.00 bits per heavy atom. The van der Waals surface area contributed by atoms with Gasteiger partial charge in [0.25, 0.3) is 0 Å². The molecular weight excluding hydrogens is 300 g/mol. The van der Waals surface area contributed by atoms with E-state index in [4.69, 9.17) is 0 Å². The summed E-state index contributed by atoms with van der Waals surface area (Å²) in [7, 11) is 0. The number of piperidine rings is 1. The first kappa shape index (κ1) is 17.3. The molecule has 1 N–H and O–H groups in total. The van der Waals surface area contributed by atoms with E-state index in [0.717, 1.165) is 51.9 Å². The zero-order valence-electron chi connectivity index (χ0n) is 14.8. The Kier molecular flexibility index (Phi) is 5.77. The molecule has 1 amide bonds. The number of amides is 1. The van der Waals surface area contributed by atoms with Crippen molar-refractivity contribution in [1.82, 2.24) is 9.80 Å². The Morgan fingerprint density at radius 3 is 2.17 bits per heavy atom. The van der Waals surface area contributed by atoms with E-state index in [-0.39, 0.29) is 6.04 Å². The van der Waals surface area contributed by atoms with E-state index in [1.54, 1.807) is 12.1 Å². The van der Waals surface area contributed by atoms with Crippen molar-refractivity contribution in [3.63, 3.8) is 0 Å². The highest BCUT2D eigenvalue weighted by Crippen LogP contribution is 2.30. The summed E-state index contributed by atoms with van der Waals surface area (Å²) < 4.78 is 0. The second-order valence-corrected chi connectivity index (χ2v) is 7.32. The molecular formula is C20H30N2O2. The number of aromatic hydroxyl groups is 1. The van der Waals surface area contributed by atoms with Crippen LogP contribution in [0.15, 0.2) is 24.3 Å². The molecule has 0 saturated carbocycles. The molecule has 0 radical (unpaired) electrons. The number of rotatable bonds is 3. The van der Waals surface area contributed by atoms with Crippen LogP contribution in [0.5, 0.6) is 5.75 Å². The number of carbonyl (C=O) groups is 1. The quantitative estimate of drug-likeness (QED) is 0.924. The van der Waals surface area contributed by atoms with E-state index < -0.39 is 0 Å². The summed E-state index contributed by atoms with van der Waals surface area (Å²) in [5, 5.41) is 9.42. The monoisotopic (exact) mass is 330 g/mol. The third-order valence-corrected chi connectivity index (χ3v) is 5.72. The van der Waals surface area contributed by atoms with Gasteiger partial charge in [-0.3, -0.25) is 9.69 Å². The summed E-state index contributed by atoms with van der Waals surface area (Å²) in [4.78, 5) is 17.2. The number of phenolic OH excluding ortho intramolecular Hbond substituents is 1. The molecule has 4 nitrogen and oxygen atoms in total. The molecule has 2 aliphatic heterocycles. The van der Waals surface area contributed by atoms with Gasteiger partial charge >= 0.3 is 0 Å². The number of benzene rings is 1. The van der Waals surface area contributed by atoms with Crippen molar-refractivity contribution in [3.05, 3.63) is 29.8 Å². The van der Waals surface area contributed by atoms with Gasteiger partial charge in [0.05, 0.1) is 6.04 Å². The van der Waals surface area contributed by atoms with E-state index in [9.17, 15) is 9.90 Å². The number of hydrogen-bond donors (Lipinski definition) is 1. The van der Waals surface area contributed by atoms with Gasteiger partial charge in [-0.25, -0.2) is 0 Å². The molecule has 2 saturated heterocycles. The lowest BCUT2D eigenvalue weighted by Crippen LogP contribution is -2.49. The molecule has 1 aromatic rings. The Hall–Kier alpha value is -1.55. The highest BCUT2D eigenvalue weighted by atomic mass is 16.3. The van der Waals surface area contributed by atoms with E-state index in [0.29, 0.717) is 17.6 Å². The molecule has 24 heavy (non-hydrogen) atoms. The number of hydrogen-bond acceptors (Lipinski definition) is 3. The SMILES string of the molecule is CC(C(=O)N1CCCCCC1)N1CCC(c2ccc(O)cc2)CC1. The van der Waals surface area contributed by atoms with Crippen molar-refractivity contribution in [2.45, 2.75) is 57.4 Å². The van der Waals surface area contributed by atoms with E-state index in [2.05, 4.69) is 16.7 Å². The third-order valence-electron chi connectivity index (χ3n) is 5.72. The van der Waals surface area contributed by atoms with Crippen LogP contribution in [0.25, 0.3) is 0 Å². The maximum atomic E-state index is 12.8. The van der Waals surface area contributed by atoms with Gasteiger partial charge in [-0.2, -0.15) is 0 Å². The van der Waals surface area contributed by atoms with Gasteiger partial charge < -0.3 is 10.0 Å². The van der Waals surface area contributed by atoms with Crippen LogP contribution in [0.3, 0.4) is 0 Å². The molecule has 132 valence electrons. The standard InChI is InChI=1S/C20H30N2O2/c1-16(20(24)22-12-4-2-3-5-13-22)21-14-10-18(11-15-21)17-6-8-19(23)9-7-17/h6-9,16,18,23H,2-5,10-15H2,1H3. The maximum Gasteiger partial charge on any atom is 0.239 e. The van der Waals surface area contributed by atoms with Crippen molar-refractivity contribution in [3.8, 4) is 5.75 Å². The molecule has 4 heteroatoms. The van der Waals surface area contributed by atoms with Crippen LogP contribution in [-0.4, -0.2) is 53.0 Å². The molecule has 0 aromatic heterocycles. The lowest BCUT2D eigenvalue weighted by atomic mass is 9.89. The lowest BCUT2D eigenvalue weighted by molar-refractivity contribution is -0.136. The number of phenols is 1. The van der Waals surface area contributed by atoms with Crippen molar-refractivity contribution >= 4 is 5.91 Å². The van der Waals surface area contributed by atoms with E-state index in [1.165, 1.54) is 18.4 Å². The predicted molar refractivity (Wildman–Crippen MR) is 96.2 cm³/mol. The Bertz CT molecular complexity index is 527. The van der Waals surface area contributed by atoms with Crippen molar-refractivity contribution in [2.24, 2.45) is 0 Å². The average molecular weight is 330 g/mol. The molecule has 1 atom stereocenters. The summed E-state index contributed by atoms with van der Waals surface area (Å²) in [6.07, 6.45) is 7.00. The summed E-state index contributed by atoms with van der Waals surface area (Å²) in [5.41, 5.74) is 1.30. The van der Waals surface area contributed by atoms with Gasteiger partial charge in [0.1, 0.15) is 5.75 Å². The van der Waals surface area contributed by atoms with Crippen molar-refractivity contribution in [1.29, 1.82) is 0 Å². The first-order valence-electron chi connectivity index (χ1n) is 9.47. The van der Waals surface area contributed by atoms with Crippen LogP contribution < -0.4 is 0 Å². The molecule has 0 aliphatic carbocycles. The van der Waals surface area contributed by atoms with Crippen LogP contribution in [0.1, 0.15) is 56.9 Å². The second-order valence-electron chi connectivity index (χ2n) is 7.32. The Morgan fingerprint density at radius 2 is 1.58 bits per heavy atom. The number of nitrogens with zero attached hydrogens (tertiary/aromatic N) is 2. The predicted octanol–water partition coefficient (Wildman–Crippen LogP) is 3.36. The van der Waals surface area contributed by atoms with Gasteiger partial charge in [-0.1, -0.05) is 25.0 Å². The first-order chi connectivity index (χ1) is 11.6. The van der Waals surface area contributed by atoms with Gasteiger partial charge in [-0.05, 0) is 69.3 Å². The van der Waals surface area contributed by atoms with Gasteiger partial charge in [-0.15, -0.1) is 0 Å². The van der Waals surface area contributed by atoms with Crippen LogP contribution in [0.2, 0.25) is 0 Å². The average Bonchev–Trinajstić information content (AvgIpc) is 2.91. The summed E-state index contributed by atoms with van der Waals surface area (Å²) in [5.74, 6) is 1.19. The minimum Gasteiger partial charge on any atom is -0.508 e. The molecule has 0 spiro atoms. The highest BCUT2D eigenvalue weighted by Gasteiger charge is 2.30. The summed E-state index contributed by atoms with van der Waals surface area (Å²) >= 11 is 0. The first-order valence-corrected chi connectivity index (χ1v) is 9.47. The van der Waals surface area contributed by atoms with Gasteiger partial charge in [0.15, 0.2) is 0 Å². The summed E-state index contributed by atoms with van der Waals surface area (Å²) in [6.45, 7) is 5.91. The zero-order chi connectivity index (χ0) is 16.9. The molecule has 1 unspecified atom stereocenters. The van der Waals surface area contributed by atoms with E-state index in [1.807, 2.05) is 12.1 Å². The smallest absolute Gasteiger partial charge is 0.239 e. The summed E-state index contributed by atoms with van der Waals surface area (Å²) in [6, 6.07) is 7.60. The minimum atomic E-state index is 0.00358. The fourth-order valence-corrected chi connectivity index (χ4v) is 4.08. The molecule has 2 aliphatic rings. The molecule has 0 bridgehead atoms. The Labute approximate surface area is 145 Å². The molecule has 3 rings (SSSR count). The number of carbonyl (C=O) groups excluding carboxylic acids is 1. The lowest BCUT2D eigenvalue weighted by Gasteiger charge is -2.37.